The van der Waals surface area contributed by atoms with E-state index < -0.39 is 0 Å². The van der Waals surface area contributed by atoms with E-state index in [9.17, 15) is 4.79 Å². The van der Waals surface area contributed by atoms with Crippen molar-refractivity contribution in [1.82, 2.24) is 0 Å². The highest BCUT2D eigenvalue weighted by Crippen LogP contribution is 2.18. The third-order valence-electron chi connectivity index (χ3n) is 3.15. The fourth-order valence-corrected chi connectivity index (χ4v) is 2.02. The molecule has 1 rings (SSSR count). The quantitative estimate of drug-likeness (QED) is 0.538. The lowest BCUT2D eigenvalue weighted by molar-refractivity contribution is -0.146. The van der Waals surface area contributed by atoms with Crippen LogP contribution in [0.15, 0.2) is 24.3 Å². The molecule has 0 N–H and O–H groups in total. The van der Waals surface area contributed by atoms with Gasteiger partial charge in [0.25, 0.3) is 0 Å². The molecule has 0 fully saturated rings. The lowest BCUT2D eigenvalue weighted by Crippen LogP contribution is -2.16. The number of rotatable bonds is 8. The van der Waals surface area contributed by atoms with Gasteiger partial charge in [-0.15, -0.1) is 0 Å². The van der Waals surface area contributed by atoms with E-state index in [1.807, 2.05) is 26.0 Å². The highest BCUT2D eigenvalue weighted by Gasteiger charge is 2.16. The molecule has 3 heteroatoms. The molecule has 3 nitrogen and oxygen atoms in total. The van der Waals surface area contributed by atoms with Gasteiger partial charge in [0.05, 0.1) is 12.5 Å². The number of esters is 1. The molecule has 1 aromatic carbocycles. The summed E-state index contributed by atoms with van der Waals surface area (Å²) >= 11 is 0. The van der Waals surface area contributed by atoms with Gasteiger partial charge in [-0.3, -0.25) is 4.79 Å². The van der Waals surface area contributed by atoms with Crippen molar-refractivity contribution in [1.29, 1.82) is 0 Å². The second-order valence-corrected chi connectivity index (χ2v) is 5.43. The molecule has 0 saturated heterocycles. The van der Waals surface area contributed by atoms with Gasteiger partial charge in [0, 0.05) is 6.61 Å². The van der Waals surface area contributed by atoms with Crippen molar-refractivity contribution in [3.8, 4) is 0 Å². The Labute approximate surface area is 122 Å². The van der Waals surface area contributed by atoms with Crippen LogP contribution in [0.4, 0.5) is 0 Å². The monoisotopic (exact) mass is 278 g/mol. The van der Waals surface area contributed by atoms with Crippen LogP contribution < -0.4 is 0 Å². The van der Waals surface area contributed by atoms with Gasteiger partial charge in [0.2, 0.25) is 0 Å². The smallest absolute Gasteiger partial charge is 0.313 e. The molecule has 0 aromatic heterocycles. The fraction of sp³-hybridized carbons (Fsp3) is 0.588. The normalized spacial score (nSPS) is 12.4. The van der Waals surface area contributed by atoms with Crippen molar-refractivity contribution < 1.29 is 14.3 Å². The predicted octanol–water partition coefficient (Wildman–Crippen LogP) is 3.57. The zero-order valence-electron chi connectivity index (χ0n) is 13.0. The summed E-state index contributed by atoms with van der Waals surface area (Å²) in [4.78, 5) is 11.9. The summed E-state index contributed by atoms with van der Waals surface area (Å²) in [5.74, 6) is 0.216. The van der Waals surface area contributed by atoms with Crippen LogP contribution in [0.2, 0.25) is 0 Å². The number of hydrogen-bond donors (Lipinski definition) is 0. The van der Waals surface area contributed by atoms with Crippen molar-refractivity contribution in [3.05, 3.63) is 35.4 Å². The highest BCUT2D eigenvalue weighted by molar-refractivity contribution is 5.77. The van der Waals surface area contributed by atoms with Crippen LogP contribution in [0.1, 0.15) is 44.7 Å². The third kappa shape index (κ3) is 5.74. The summed E-state index contributed by atoms with van der Waals surface area (Å²) in [5.41, 5.74) is 2.31. The molecular formula is C17H26O3. The Kier molecular flexibility index (Phi) is 7.31. The zero-order chi connectivity index (χ0) is 15.0. The lowest BCUT2D eigenvalue weighted by atomic mass is 9.97. The minimum Gasteiger partial charge on any atom is -0.463 e. The van der Waals surface area contributed by atoms with Crippen molar-refractivity contribution in [2.45, 2.75) is 40.0 Å². The Morgan fingerprint density at radius 2 is 1.75 bits per heavy atom. The average molecular weight is 278 g/mol. The summed E-state index contributed by atoms with van der Waals surface area (Å²) in [6, 6.07) is 8.23. The predicted molar refractivity (Wildman–Crippen MR) is 80.9 cm³/mol. The first-order chi connectivity index (χ1) is 9.54. The van der Waals surface area contributed by atoms with Gasteiger partial charge in [-0.05, 0) is 37.3 Å². The van der Waals surface area contributed by atoms with E-state index in [4.69, 9.17) is 9.47 Å². The molecule has 0 spiro atoms. The van der Waals surface area contributed by atoms with Gasteiger partial charge in [-0.25, -0.2) is 0 Å². The minimum atomic E-state index is -0.232. The van der Waals surface area contributed by atoms with Gasteiger partial charge in [0.1, 0.15) is 6.61 Å². The minimum absolute atomic E-state index is 0.193. The standard InChI is InChI=1S/C17H26O3/c1-5-19-10-11-20-17(18)14(4)16-8-6-15(7-9-16)12-13(2)3/h6-9,13-14H,5,10-12H2,1-4H3. The van der Waals surface area contributed by atoms with Crippen molar-refractivity contribution in [2.24, 2.45) is 5.92 Å². The van der Waals surface area contributed by atoms with Crippen LogP contribution in [0.25, 0.3) is 0 Å². The van der Waals surface area contributed by atoms with E-state index in [2.05, 4.69) is 26.0 Å². The summed E-state index contributed by atoms with van der Waals surface area (Å²) in [5, 5.41) is 0. The molecule has 0 amide bonds. The van der Waals surface area contributed by atoms with E-state index in [0.29, 0.717) is 25.7 Å². The Balaban J connectivity index is 2.49. The maximum Gasteiger partial charge on any atom is 0.313 e. The lowest BCUT2D eigenvalue weighted by Gasteiger charge is -2.13. The first kappa shape index (κ1) is 16.7. The van der Waals surface area contributed by atoms with Gasteiger partial charge >= 0.3 is 5.97 Å². The maximum absolute atomic E-state index is 11.9. The second kappa shape index (κ2) is 8.75. The third-order valence-corrected chi connectivity index (χ3v) is 3.15. The van der Waals surface area contributed by atoms with Crippen LogP contribution in [0, 0.1) is 5.92 Å². The zero-order valence-corrected chi connectivity index (χ0v) is 13.0. The van der Waals surface area contributed by atoms with Crippen molar-refractivity contribution >= 4 is 5.97 Å². The Morgan fingerprint density at radius 3 is 2.30 bits per heavy atom. The summed E-state index contributed by atoms with van der Waals surface area (Å²) in [7, 11) is 0. The number of hydrogen-bond acceptors (Lipinski definition) is 3. The van der Waals surface area contributed by atoms with E-state index in [1.165, 1.54) is 5.56 Å². The Hall–Kier alpha value is -1.35. The largest absolute Gasteiger partial charge is 0.463 e. The molecule has 0 heterocycles. The molecule has 0 saturated carbocycles. The molecule has 0 aliphatic rings. The van der Waals surface area contributed by atoms with Gasteiger partial charge < -0.3 is 9.47 Å². The van der Waals surface area contributed by atoms with E-state index in [1.54, 1.807) is 0 Å². The number of carbonyl (C=O) groups excluding carboxylic acids is 1. The second-order valence-electron chi connectivity index (χ2n) is 5.43. The maximum atomic E-state index is 11.9. The first-order valence-electron chi connectivity index (χ1n) is 7.37. The van der Waals surface area contributed by atoms with Crippen LogP contribution >= 0.6 is 0 Å². The van der Waals surface area contributed by atoms with Gasteiger partial charge in [0.15, 0.2) is 0 Å². The molecule has 112 valence electrons. The molecule has 1 aromatic rings. The molecular weight excluding hydrogens is 252 g/mol. The molecule has 0 aliphatic heterocycles. The fourth-order valence-electron chi connectivity index (χ4n) is 2.02. The van der Waals surface area contributed by atoms with Crippen LogP contribution in [-0.2, 0) is 20.7 Å². The molecule has 1 atom stereocenters. The summed E-state index contributed by atoms with van der Waals surface area (Å²) in [6.07, 6.45) is 1.06. The summed E-state index contributed by atoms with van der Waals surface area (Å²) in [6.45, 7) is 9.62. The summed E-state index contributed by atoms with van der Waals surface area (Å²) < 4.78 is 10.3. The Morgan fingerprint density at radius 1 is 1.10 bits per heavy atom. The number of carbonyl (C=O) groups is 1. The molecule has 0 radical (unpaired) electrons. The van der Waals surface area contributed by atoms with E-state index >= 15 is 0 Å². The number of ether oxygens (including phenoxy) is 2. The van der Waals surface area contributed by atoms with Crippen LogP contribution in [0.3, 0.4) is 0 Å². The number of benzene rings is 1. The van der Waals surface area contributed by atoms with Gasteiger partial charge in [-0.1, -0.05) is 38.1 Å². The average Bonchev–Trinajstić information content (AvgIpc) is 2.43. The topological polar surface area (TPSA) is 35.5 Å². The van der Waals surface area contributed by atoms with Crippen LogP contribution in [-0.4, -0.2) is 25.8 Å². The molecule has 20 heavy (non-hydrogen) atoms. The van der Waals surface area contributed by atoms with Crippen molar-refractivity contribution in [3.63, 3.8) is 0 Å². The van der Waals surface area contributed by atoms with E-state index in [0.717, 1.165) is 12.0 Å². The Bertz CT molecular complexity index is 395. The first-order valence-corrected chi connectivity index (χ1v) is 7.37. The van der Waals surface area contributed by atoms with E-state index in [-0.39, 0.29) is 11.9 Å². The van der Waals surface area contributed by atoms with Crippen LogP contribution in [0.5, 0.6) is 0 Å². The SMILES string of the molecule is CCOCCOC(=O)C(C)c1ccc(CC(C)C)cc1. The highest BCUT2D eigenvalue weighted by atomic mass is 16.6. The van der Waals surface area contributed by atoms with Crippen molar-refractivity contribution in [2.75, 3.05) is 19.8 Å². The molecule has 1 unspecified atom stereocenters. The molecule has 0 bridgehead atoms. The van der Waals surface area contributed by atoms with Gasteiger partial charge in [-0.2, -0.15) is 0 Å². The molecule has 0 aliphatic carbocycles.